The molecule has 1 saturated heterocycles. The molecule has 0 amide bonds. The van der Waals surface area contributed by atoms with Gasteiger partial charge in [-0.3, -0.25) is 0 Å². The van der Waals surface area contributed by atoms with Crippen LogP contribution in [0.4, 0.5) is 0 Å². The summed E-state index contributed by atoms with van der Waals surface area (Å²) in [6.07, 6.45) is 12.3. The molecule has 39 heavy (non-hydrogen) atoms. The molecule has 4 fully saturated rings. The molecule has 0 aromatic heterocycles. The Morgan fingerprint density at radius 3 is 2.21 bits per heavy atom. The molecule has 3 heteroatoms. The van der Waals surface area contributed by atoms with E-state index in [0.29, 0.717) is 17.3 Å². The monoisotopic (exact) mass is 540 g/mol. The maximum absolute atomic E-state index is 11.4. The van der Waals surface area contributed by atoms with Crippen LogP contribution in [0.15, 0.2) is 37.0 Å². The average molecular weight is 541 g/mol. The van der Waals surface area contributed by atoms with Gasteiger partial charge in [0.05, 0.1) is 12.2 Å². The lowest BCUT2D eigenvalue weighted by atomic mass is 9.44. The van der Waals surface area contributed by atoms with Gasteiger partial charge < -0.3 is 14.6 Å². The zero-order valence-corrected chi connectivity index (χ0v) is 26.6. The van der Waals surface area contributed by atoms with Crippen molar-refractivity contribution in [3.63, 3.8) is 0 Å². The molecule has 0 aromatic carbocycles. The summed E-state index contributed by atoms with van der Waals surface area (Å²) in [5, 5.41) is 11.4. The number of aliphatic hydroxyl groups excluding tert-OH is 1. The quantitative estimate of drug-likeness (QED) is 0.222. The molecule has 4 aliphatic rings. The van der Waals surface area contributed by atoms with E-state index in [0.717, 1.165) is 41.2 Å². The molecule has 1 unspecified atom stereocenters. The first-order valence-corrected chi connectivity index (χ1v) is 16.2. The lowest BCUT2D eigenvalue weighted by molar-refractivity contribution is -0.200. The predicted molar refractivity (Wildman–Crippen MR) is 163 cm³/mol. The van der Waals surface area contributed by atoms with Gasteiger partial charge in [-0.15, -0.1) is 6.58 Å². The van der Waals surface area contributed by atoms with Crippen LogP contribution < -0.4 is 0 Å². The van der Waals surface area contributed by atoms with Crippen LogP contribution in [0.2, 0.25) is 0 Å². The third-order valence-electron chi connectivity index (χ3n) is 12.3. The second kappa shape index (κ2) is 11.4. The van der Waals surface area contributed by atoms with Crippen molar-refractivity contribution in [2.75, 3.05) is 0 Å². The van der Waals surface area contributed by atoms with E-state index in [4.69, 9.17) is 9.47 Å². The minimum absolute atomic E-state index is 0.0932. The van der Waals surface area contributed by atoms with E-state index in [2.05, 4.69) is 54.4 Å². The molecule has 3 nitrogen and oxygen atoms in total. The Bertz CT molecular complexity index is 918. The molecule has 0 bridgehead atoms. The number of rotatable bonds is 10. The maximum Gasteiger partial charge on any atom is 0.164 e. The molecule has 3 saturated carbocycles. The van der Waals surface area contributed by atoms with Crippen molar-refractivity contribution < 1.29 is 14.6 Å². The van der Waals surface area contributed by atoms with Crippen LogP contribution in [0, 0.1) is 52.3 Å². The highest BCUT2D eigenvalue weighted by atomic mass is 16.8. The van der Waals surface area contributed by atoms with Crippen LogP contribution >= 0.6 is 0 Å². The Labute approximate surface area is 240 Å². The van der Waals surface area contributed by atoms with E-state index in [1.165, 1.54) is 51.4 Å². The SMILES string of the molecule is C=CC(O)[C@@H]1CC[C@H]2[C@@H]3CC[C@H]([C@H](C)CCCC(C)C)[C@@]3(C)CC[C@@H]2[C@@]1(C)[C@H]1OC(C)(C)O[C@H]1C(=C)C(=C)C. The van der Waals surface area contributed by atoms with Gasteiger partial charge in [0.1, 0.15) is 6.10 Å². The smallest absolute Gasteiger partial charge is 0.164 e. The number of fused-ring (bicyclic) bond motifs is 3. The lowest BCUT2D eigenvalue weighted by Gasteiger charge is -2.61. The van der Waals surface area contributed by atoms with E-state index < -0.39 is 11.9 Å². The standard InChI is InChI=1S/C36H60O3/c1-12-31(37)30-17-16-26-28-19-18-27(24(6)15-13-14-22(2)3)35(28,10)21-20-29(26)36(30,11)33-32(25(7)23(4)5)38-34(8,9)39-33/h12,22,24,26-33,37H,1,4,7,13-21H2,2-3,5-6,8-11H3/t24-,26+,27-,28+,29+,30+,31?,32+,33+,35-,36-/m1/s1. The summed E-state index contributed by atoms with van der Waals surface area (Å²) in [4.78, 5) is 0. The lowest BCUT2D eigenvalue weighted by Crippen LogP contribution is -2.60. The second-order valence-corrected chi connectivity index (χ2v) is 15.5. The van der Waals surface area contributed by atoms with Crippen molar-refractivity contribution in [3.8, 4) is 0 Å². The first-order valence-electron chi connectivity index (χ1n) is 16.2. The minimum atomic E-state index is -0.694. The normalized spacial score (nSPS) is 43.0. The van der Waals surface area contributed by atoms with Gasteiger partial charge in [0.15, 0.2) is 5.79 Å². The van der Waals surface area contributed by atoms with Gasteiger partial charge in [0.2, 0.25) is 0 Å². The van der Waals surface area contributed by atoms with E-state index in [1.807, 2.05) is 20.8 Å². The summed E-state index contributed by atoms with van der Waals surface area (Å²) in [7, 11) is 0. The predicted octanol–water partition coefficient (Wildman–Crippen LogP) is 9.12. The fourth-order valence-corrected chi connectivity index (χ4v) is 10.3. The Balaban J connectivity index is 1.66. The summed E-state index contributed by atoms with van der Waals surface area (Å²) in [6.45, 7) is 31.0. The van der Waals surface area contributed by atoms with Crippen molar-refractivity contribution in [1.82, 2.24) is 0 Å². The Hall–Kier alpha value is -0.900. The average Bonchev–Trinajstić information content (AvgIpc) is 3.39. The molecule has 0 radical (unpaired) electrons. The molecule has 1 aliphatic heterocycles. The van der Waals surface area contributed by atoms with E-state index in [9.17, 15) is 5.11 Å². The summed E-state index contributed by atoms with van der Waals surface area (Å²) in [5.41, 5.74) is 2.06. The largest absolute Gasteiger partial charge is 0.389 e. The van der Waals surface area contributed by atoms with Crippen molar-refractivity contribution in [2.45, 2.75) is 137 Å². The van der Waals surface area contributed by atoms with Crippen LogP contribution in [-0.4, -0.2) is 29.2 Å². The topological polar surface area (TPSA) is 38.7 Å². The van der Waals surface area contributed by atoms with E-state index in [1.54, 1.807) is 6.08 Å². The van der Waals surface area contributed by atoms with Gasteiger partial charge in [-0.25, -0.2) is 0 Å². The highest BCUT2D eigenvalue weighted by molar-refractivity contribution is 5.31. The summed E-state index contributed by atoms with van der Waals surface area (Å²) in [5.74, 6) is 3.75. The Morgan fingerprint density at radius 1 is 0.923 bits per heavy atom. The van der Waals surface area contributed by atoms with E-state index >= 15 is 0 Å². The molecule has 3 aliphatic carbocycles. The molecule has 1 N–H and O–H groups in total. The third-order valence-corrected chi connectivity index (χ3v) is 12.3. The number of hydrogen-bond acceptors (Lipinski definition) is 3. The molecular formula is C36H60O3. The van der Waals surface area contributed by atoms with Gasteiger partial charge in [-0.05, 0) is 112 Å². The number of hydrogen-bond donors (Lipinski definition) is 1. The summed E-state index contributed by atoms with van der Waals surface area (Å²) < 4.78 is 13.4. The highest BCUT2D eigenvalue weighted by Crippen LogP contribution is 2.68. The van der Waals surface area contributed by atoms with Crippen LogP contribution in [-0.2, 0) is 9.47 Å². The molecular weight excluding hydrogens is 480 g/mol. The minimum Gasteiger partial charge on any atom is -0.389 e. The number of aliphatic hydroxyl groups is 1. The fraction of sp³-hybridized carbons (Fsp3) is 0.833. The zero-order valence-electron chi connectivity index (χ0n) is 26.6. The van der Waals surface area contributed by atoms with Gasteiger partial charge in [0.25, 0.3) is 0 Å². The van der Waals surface area contributed by atoms with Crippen LogP contribution in [0.1, 0.15) is 113 Å². The van der Waals surface area contributed by atoms with Crippen molar-refractivity contribution in [3.05, 3.63) is 37.0 Å². The van der Waals surface area contributed by atoms with Gasteiger partial charge >= 0.3 is 0 Å². The van der Waals surface area contributed by atoms with E-state index in [-0.39, 0.29) is 23.5 Å². The van der Waals surface area contributed by atoms with Crippen LogP contribution in [0.3, 0.4) is 0 Å². The highest BCUT2D eigenvalue weighted by Gasteiger charge is 2.65. The molecule has 0 spiro atoms. The van der Waals surface area contributed by atoms with Gasteiger partial charge in [0, 0.05) is 5.41 Å². The van der Waals surface area contributed by atoms with Crippen LogP contribution in [0.5, 0.6) is 0 Å². The second-order valence-electron chi connectivity index (χ2n) is 15.5. The molecule has 222 valence electrons. The summed E-state index contributed by atoms with van der Waals surface area (Å²) in [6, 6.07) is 0. The Morgan fingerprint density at radius 2 is 1.59 bits per heavy atom. The molecule has 1 heterocycles. The molecule has 11 atom stereocenters. The van der Waals surface area contributed by atoms with Gasteiger partial charge in [-0.1, -0.05) is 78.7 Å². The third kappa shape index (κ3) is 5.51. The molecule has 4 rings (SSSR count). The number of ether oxygens (including phenoxy) is 2. The first kappa shape index (κ1) is 31.0. The fourth-order valence-electron chi connectivity index (χ4n) is 10.3. The van der Waals surface area contributed by atoms with Crippen molar-refractivity contribution >= 4 is 0 Å². The summed E-state index contributed by atoms with van der Waals surface area (Å²) >= 11 is 0. The van der Waals surface area contributed by atoms with Crippen molar-refractivity contribution in [1.29, 1.82) is 0 Å². The van der Waals surface area contributed by atoms with Crippen molar-refractivity contribution in [2.24, 2.45) is 52.3 Å². The van der Waals surface area contributed by atoms with Gasteiger partial charge in [-0.2, -0.15) is 0 Å². The first-order chi connectivity index (χ1) is 18.2. The van der Waals surface area contributed by atoms with Crippen LogP contribution in [0.25, 0.3) is 0 Å². The zero-order chi connectivity index (χ0) is 28.9. The maximum atomic E-state index is 11.4. The Kier molecular flexibility index (Phi) is 9.08. The molecule has 0 aromatic rings.